The van der Waals surface area contributed by atoms with E-state index in [-0.39, 0.29) is 17.4 Å². The molecule has 1 amide bonds. The van der Waals surface area contributed by atoms with Crippen LogP contribution in [0.4, 0.5) is 5.69 Å². The minimum atomic E-state index is -0.535. The molecule has 8 heteroatoms. The minimum Gasteiger partial charge on any atom is -0.489 e. The molecule has 21 heavy (non-hydrogen) atoms. The molecule has 0 saturated heterocycles. The highest BCUT2D eigenvalue weighted by molar-refractivity contribution is 6.33. The number of aromatic nitrogens is 2. The van der Waals surface area contributed by atoms with Crippen LogP contribution in [0.15, 0.2) is 35.4 Å². The van der Waals surface area contributed by atoms with Gasteiger partial charge in [-0.05, 0) is 12.1 Å². The first-order valence-electron chi connectivity index (χ1n) is 5.86. The lowest BCUT2D eigenvalue weighted by atomic mass is 10.3. The van der Waals surface area contributed by atoms with E-state index in [0.717, 1.165) is 4.57 Å². The molecule has 1 aromatic heterocycles. The fourth-order valence-corrected chi connectivity index (χ4v) is 2.03. The lowest BCUT2D eigenvalue weighted by molar-refractivity contribution is -0.116. The van der Waals surface area contributed by atoms with Gasteiger partial charge < -0.3 is 10.1 Å². The van der Waals surface area contributed by atoms with Crippen molar-refractivity contribution in [1.29, 1.82) is 0 Å². The molecule has 1 heterocycles. The second kappa shape index (κ2) is 6.60. The number of hydrogen-bond donors (Lipinski definition) is 1. The van der Waals surface area contributed by atoms with Crippen molar-refractivity contribution >= 4 is 34.8 Å². The van der Waals surface area contributed by atoms with E-state index in [1.165, 1.54) is 13.4 Å². The van der Waals surface area contributed by atoms with Crippen molar-refractivity contribution in [2.75, 3.05) is 12.4 Å². The summed E-state index contributed by atoms with van der Waals surface area (Å²) in [6.07, 6.45) is 1.18. The van der Waals surface area contributed by atoms with E-state index in [9.17, 15) is 9.59 Å². The molecule has 0 radical (unpaired) electrons. The average molecular weight is 328 g/mol. The summed E-state index contributed by atoms with van der Waals surface area (Å²) in [7, 11) is 1.30. The second-order valence-electron chi connectivity index (χ2n) is 4.03. The van der Waals surface area contributed by atoms with Crippen molar-refractivity contribution in [3.63, 3.8) is 0 Å². The Morgan fingerprint density at radius 1 is 1.38 bits per heavy atom. The van der Waals surface area contributed by atoms with Crippen LogP contribution in [0, 0.1) is 0 Å². The number of ether oxygens (including phenoxy) is 1. The van der Waals surface area contributed by atoms with Gasteiger partial charge in [0.15, 0.2) is 5.15 Å². The quantitative estimate of drug-likeness (QED) is 0.873. The van der Waals surface area contributed by atoms with E-state index in [0.29, 0.717) is 10.7 Å². The highest BCUT2D eigenvalue weighted by Crippen LogP contribution is 2.20. The third kappa shape index (κ3) is 3.53. The van der Waals surface area contributed by atoms with Gasteiger partial charge in [-0.1, -0.05) is 35.3 Å². The van der Waals surface area contributed by atoms with E-state index in [1.54, 1.807) is 24.3 Å². The molecule has 6 nitrogen and oxygen atoms in total. The summed E-state index contributed by atoms with van der Waals surface area (Å²) in [6.45, 7) is -0.232. The summed E-state index contributed by atoms with van der Waals surface area (Å²) in [6, 6.07) is 6.79. The van der Waals surface area contributed by atoms with Crippen LogP contribution in [0.5, 0.6) is 5.75 Å². The number of methoxy groups -OCH3 is 1. The van der Waals surface area contributed by atoms with Crippen LogP contribution in [-0.4, -0.2) is 22.6 Å². The Kier molecular flexibility index (Phi) is 4.82. The van der Waals surface area contributed by atoms with E-state index in [2.05, 4.69) is 10.3 Å². The summed E-state index contributed by atoms with van der Waals surface area (Å²) >= 11 is 11.7. The van der Waals surface area contributed by atoms with E-state index < -0.39 is 11.5 Å². The summed E-state index contributed by atoms with van der Waals surface area (Å²) in [5, 5.41) is 2.96. The van der Waals surface area contributed by atoms with Crippen LogP contribution in [-0.2, 0) is 11.3 Å². The highest BCUT2D eigenvalue weighted by atomic mass is 35.5. The zero-order valence-corrected chi connectivity index (χ0v) is 12.5. The molecule has 1 N–H and O–H groups in total. The number of nitrogens with one attached hydrogen (secondary N) is 1. The number of hydrogen-bond acceptors (Lipinski definition) is 4. The number of halogens is 2. The van der Waals surface area contributed by atoms with Gasteiger partial charge in [0.2, 0.25) is 11.7 Å². The second-order valence-corrected chi connectivity index (χ2v) is 4.79. The molecule has 0 spiro atoms. The van der Waals surface area contributed by atoms with E-state index in [4.69, 9.17) is 27.9 Å². The number of rotatable bonds is 4. The lowest BCUT2D eigenvalue weighted by Gasteiger charge is -2.09. The van der Waals surface area contributed by atoms with Gasteiger partial charge in [-0.25, -0.2) is 4.98 Å². The van der Waals surface area contributed by atoms with Gasteiger partial charge in [0.05, 0.1) is 24.1 Å². The zero-order valence-electron chi connectivity index (χ0n) is 11.0. The minimum absolute atomic E-state index is 0.0507. The average Bonchev–Trinajstić information content (AvgIpc) is 2.45. The monoisotopic (exact) mass is 327 g/mol. The molecule has 1 aromatic carbocycles. The summed E-state index contributed by atoms with van der Waals surface area (Å²) in [5.74, 6) is -0.527. The number of carbonyl (C=O) groups is 1. The molecule has 0 atom stereocenters. The molecule has 2 rings (SSSR count). The van der Waals surface area contributed by atoms with Crippen LogP contribution < -0.4 is 15.6 Å². The third-order valence-corrected chi connectivity index (χ3v) is 3.22. The van der Waals surface area contributed by atoms with Crippen molar-refractivity contribution < 1.29 is 9.53 Å². The third-order valence-electron chi connectivity index (χ3n) is 2.62. The lowest BCUT2D eigenvalue weighted by Crippen LogP contribution is -2.28. The predicted octanol–water partition coefficient (Wildman–Crippen LogP) is 2.20. The standard InChI is InChI=1S/C13H11Cl2N3O3/c1-21-11-12(15)16-7-18(13(11)20)6-10(19)17-9-5-3-2-4-8(9)14/h2-5,7H,6H2,1H3,(H,17,19). The SMILES string of the molecule is COc1c(Cl)ncn(CC(=O)Nc2ccccc2Cl)c1=O. The van der Waals surface area contributed by atoms with Crippen molar-refractivity contribution in [3.8, 4) is 5.75 Å². The molecule has 0 aliphatic rings. The largest absolute Gasteiger partial charge is 0.489 e. The Balaban J connectivity index is 2.18. The number of amides is 1. The van der Waals surface area contributed by atoms with Crippen molar-refractivity contribution in [2.45, 2.75) is 6.54 Å². The predicted molar refractivity (Wildman–Crippen MR) is 80.1 cm³/mol. The van der Waals surface area contributed by atoms with Gasteiger partial charge in [0, 0.05) is 0 Å². The van der Waals surface area contributed by atoms with Crippen LogP contribution >= 0.6 is 23.2 Å². The first kappa shape index (κ1) is 15.3. The maximum Gasteiger partial charge on any atom is 0.297 e. The molecule has 0 aliphatic carbocycles. The van der Waals surface area contributed by atoms with Gasteiger partial charge in [0.1, 0.15) is 6.54 Å². The molecule has 0 saturated carbocycles. The summed E-state index contributed by atoms with van der Waals surface area (Å²) in [4.78, 5) is 27.7. The molecule has 0 fully saturated rings. The molecule has 2 aromatic rings. The Hall–Kier alpha value is -2.05. The number of anilines is 1. The smallest absolute Gasteiger partial charge is 0.297 e. The van der Waals surface area contributed by atoms with Crippen molar-refractivity contribution in [1.82, 2.24) is 9.55 Å². The van der Waals surface area contributed by atoms with Gasteiger partial charge in [-0.3, -0.25) is 14.2 Å². The van der Waals surface area contributed by atoms with Crippen LogP contribution in [0.3, 0.4) is 0 Å². The first-order chi connectivity index (χ1) is 10.0. The molecule has 0 unspecified atom stereocenters. The molecule has 0 bridgehead atoms. The number of benzene rings is 1. The fraction of sp³-hybridized carbons (Fsp3) is 0.154. The topological polar surface area (TPSA) is 73.2 Å². The maximum absolute atomic E-state index is 12.0. The Morgan fingerprint density at radius 2 is 2.10 bits per heavy atom. The van der Waals surface area contributed by atoms with Crippen LogP contribution in [0.1, 0.15) is 0 Å². The number of carbonyl (C=O) groups excluding carboxylic acids is 1. The Morgan fingerprint density at radius 3 is 2.76 bits per heavy atom. The molecular weight excluding hydrogens is 317 g/mol. The van der Waals surface area contributed by atoms with E-state index >= 15 is 0 Å². The normalized spacial score (nSPS) is 10.2. The van der Waals surface area contributed by atoms with Crippen LogP contribution in [0.2, 0.25) is 10.2 Å². The molecule has 0 aliphatic heterocycles. The van der Waals surface area contributed by atoms with Crippen LogP contribution in [0.25, 0.3) is 0 Å². The van der Waals surface area contributed by atoms with Gasteiger partial charge in [-0.2, -0.15) is 0 Å². The molecule has 110 valence electrons. The van der Waals surface area contributed by atoms with Gasteiger partial charge in [-0.15, -0.1) is 0 Å². The Labute approximate surface area is 130 Å². The van der Waals surface area contributed by atoms with Gasteiger partial charge >= 0.3 is 0 Å². The summed E-state index contributed by atoms with van der Waals surface area (Å²) < 4.78 is 5.95. The van der Waals surface area contributed by atoms with Crippen molar-refractivity contribution in [2.24, 2.45) is 0 Å². The fourth-order valence-electron chi connectivity index (χ4n) is 1.64. The van der Waals surface area contributed by atoms with Gasteiger partial charge in [0.25, 0.3) is 5.56 Å². The highest BCUT2D eigenvalue weighted by Gasteiger charge is 2.13. The Bertz CT molecular complexity index is 731. The molecular formula is C13H11Cl2N3O3. The maximum atomic E-state index is 12.0. The number of para-hydroxylation sites is 1. The summed E-state index contributed by atoms with van der Waals surface area (Å²) in [5.41, 5.74) is -0.0714. The van der Waals surface area contributed by atoms with Crippen molar-refractivity contribution in [3.05, 3.63) is 51.1 Å². The van der Waals surface area contributed by atoms with E-state index in [1.807, 2.05) is 0 Å². The first-order valence-corrected chi connectivity index (χ1v) is 6.62. The zero-order chi connectivity index (χ0) is 15.4. The number of nitrogens with zero attached hydrogens (tertiary/aromatic N) is 2.